The molecule has 2 aliphatic heterocycles. The Labute approximate surface area is 172 Å². The summed E-state index contributed by atoms with van der Waals surface area (Å²) in [6.45, 7) is 5.86. The minimum absolute atomic E-state index is 0.0297. The maximum atomic E-state index is 14.8. The third kappa shape index (κ3) is 3.24. The first kappa shape index (κ1) is 18.8. The fourth-order valence-electron chi connectivity index (χ4n) is 4.43. The van der Waals surface area contributed by atoms with E-state index in [0.717, 1.165) is 19.3 Å². The van der Waals surface area contributed by atoms with Gasteiger partial charge >= 0.3 is 0 Å². The summed E-state index contributed by atoms with van der Waals surface area (Å²) in [5.74, 6) is 0.329. The molecule has 4 atom stereocenters. The molecule has 0 amide bonds. The number of piperidine rings is 1. The number of hydrogen-bond acceptors (Lipinski definition) is 7. The lowest BCUT2D eigenvalue weighted by Gasteiger charge is -2.33. The first-order valence-corrected chi connectivity index (χ1v) is 10.0. The highest BCUT2D eigenvalue weighted by atomic mass is 19.1. The van der Waals surface area contributed by atoms with Crippen LogP contribution in [-0.2, 0) is 0 Å². The van der Waals surface area contributed by atoms with Crippen molar-refractivity contribution < 1.29 is 9.50 Å². The number of rotatable bonds is 4. The number of tetrazole rings is 1. The summed E-state index contributed by atoms with van der Waals surface area (Å²) in [6.07, 6.45) is 1.67. The predicted octanol–water partition coefficient (Wildman–Crippen LogP) is 2.63. The second-order valence-electron chi connectivity index (χ2n) is 7.99. The summed E-state index contributed by atoms with van der Waals surface area (Å²) in [6, 6.07) is 8.86. The number of nitrogens with one attached hydrogen (secondary N) is 1. The van der Waals surface area contributed by atoms with Gasteiger partial charge in [-0.05, 0) is 61.2 Å². The van der Waals surface area contributed by atoms with E-state index in [0.29, 0.717) is 40.1 Å². The molecular formula is C21H22FN7O. The molecule has 4 heterocycles. The van der Waals surface area contributed by atoms with Gasteiger partial charge in [-0.2, -0.15) is 5.10 Å². The molecule has 2 aliphatic rings. The van der Waals surface area contributed by atoms with Crippen molar-refractivity contribution in [2.24, 2.45) is 5.92 Å². The fourth-order valence-corrected chi connectivity index (χ4v) is 4.43. The number of phenolic OH excluding ortho intramolecular Hbond substituents is 1. The van der Waals surface area contributed by atoms with Gasteiger partial charge in [0.1, 0.15) is 11.9 Å². The molecule has 2 saturated heterocycles. The molecule has 3 aromatic rings. The van der Waals surface area contributed by atoms with Crippen LogP contribution in [0.25, 0.3) is 22.5 Å². The quantitative estimate of drug-likeness (QED) is 0.685. The van der Waals surface area contributed by atoms with Gasteiger partial charge in [0.15, 0.2) is 5.82 Å². The van der Waals surface area contributed by atoms with Crippen LogP contribution in [0.15, 0.2) is 36.9 Å². The van der Waals surface area contributed by atoms with Crippen LogP contribution in [0.1, 0.15) is 30.8 Å². The lowest BCUT2D eigenvalue weighted by molar-refractivity contribution is 0.167. The predicted molar refractivity (Wildman–Crippen MR) is 109 cm³/mol. The molecule has 0 unspecified atom stereocenters. The van der Waals surface area contributed by atoms with Gasteiger partial charge in [-0.1, -0.05) is 6.58 Å². The van der Waals surface area contributed by atoms with E-state index in [1.165, 1.54) is 4.80 Å². The van der Waals surface area contributed by atoms with Crippen molar-refractivity contribution in [1.82, 2.24) is 35.7 Å². The van der Waals surface area contributed by atoms with Crippen LogP contribution in [0, 0.1) is 12.8 Å². The summed E-state index contributed by atoms with van der Waals surface area (Å²) in [5.41, 5.74) is 2.91. The minimum atomic E-state index is -0.955. The van der Waals surface area contributed by atoms with E-state index >= 15 is 0 Å². The largest absolute Gasteiger partial charge is 0.507 e. The summed E-state index contributed by atoms with van der Waals surface area (Å²) >= 11 is 0. The number of alkyl halides is 1. The minimum Gasteiger partial charge on any atom is -0.507 e. The van der Waals surface area contributed by atoms with Crippen molar-refractivity contribution in [2.75, 3.05) is 0 Å². The third-order valence-electron chi connectivity index (χ3n) is 6.03. The molecule has 30 heavy (non-hydrogen) atoms. The smallest absolute Gasteiger partial charge is 0.172 e. The normalized spacial score (nSPS) is 25.4. The van der Waals surface area contributed by atoms with Gasteiger partial charge in [0.25, 0.3) is 0 Å². The highest BCUT2D eigenvalue weighted by molar-refractivity contribution is 5.70. The van der Waals surface area contributed by atoms with Crippen LogP contribution in [0.4, 0.5) is 4.39 Å². The average molecular weight is 407 g/mol. The van der Waals surface area contributed by atoms with E-state index in [4.69, 9.17) is 0 Å². The van der Waals surface area contributed by atoms with Crippen molar-refractivity contribution in [3.8, 4) is 22.7 Å². The van der Waals surface area contributed by atoms with Crippen LogP contribution in [0.2, 0.25) is 0 Å². The molecular weight excluding hydrogens is 385 g/mol. The summed E-state index contributed by atoms with van der Waals surface area (Å²) in [7, 11) is 0. The average Bonchev–Trinajstić information content (AvgIpc) is 3.37. The zero-order valence-corrected chi connectivity index (χ0v) is 16.5. The van der Waals surface area contributed by atoms with Crippen molar-refractivity contribution in [3.63, 3.8) is 0 Å². The van der Waals surface area contributed by atoms with E-state index < -0.39 is 6.17 Å². The van der Waals surface area contributed by atoms with E-state index in [2.05, 4.69) is 37.5 Å². The van der Waals surface area contributed by atoms with Crippen molar-refractivity contribution in [3.05, 3.63) is 48.4 Å². The van der Waals surface area contributed by atoms with Gasteiger partial charge in [-0.15, -0.1) is 20.1 Å². The Balaban J connectivity index is 1.36. The summed E-state index contributed by atoms with van der Waals surface area (Å²) < 4.78 is 14.8. The lowest BCUT2D eigenvalue weighted by atomic mass is 9.83. The maximum absolute atomic E-state index is 14.8. The number of allylic oxidation sites excluding steroid dienone is 1. The molecule has 1 aromatic carbocycles. The van der Waals surface area contributed by atoms with E-state index in [9.17, 15) is 9.50 Å². The number of benzene rings is 1. The number of hydrogen-bond donors (Lipinski definition) is 2. The zero-order valence-electron chi connectivity index (χ0n) is 16.5. The molecule has 2 fully saturated rings. The van der Waals surface area contributed by atoms with Crippen LogP contribution in [-0.4, -0.2) is 53.8 Å². The Morgan fingerprint density at radius 3 is 2.77 bits per heavy atom. The summed E-state index contributed by atoms with van der Waals surface area (Å²) in [5, 5.41) is 34.2. The highest BCUT2D eigenvalue weighted by Gasteiger charge is 2.43. The molecule has 2 aromatic heterocycles. The maximum Gasteiger partial charge on any atom is 0.172 e. The number of aryl methyl sites for hydroxylation is 1. The van der Waals surface area contributed by atoms with Crippen LogP contribution < -0.4 is 5.32 Å². The van der Waals surface area contributed by atoms with Gasteiger partial charge in [-0.25, -0.2) is 4.39 Å². The number of aromatic nitrogens is 6. The van der Waals surface area contributed by atoms with E-state index in [1.54, 1.807) is 37.3 Å². The monoisotopic (exact) mass is 407 g/mol. The Kier molecular flexibility index (Phi) is 4.54. The second kappa shape index (κ2) is 7.24. The van der Waals surface area contributed by atoms with Gasteiger partial charge in [0, 0.05) is 29.6 Å². The lowest BCUT2D eigenvalue weighted by Crippen LogP contribution is -2.47. The van der Waals surface area contributed by atoms with Gasteiger partial charge in [0.05, 0.1) is 17.1 Å². The molecule has 0 saturated carbocycles. The van der Waals surface area contributed by atoms with Crippen LogP contribution in [0.3, 0.4) is 0 Å². The summed E-state index contributed by atoms with van der Waals surface area (Å²) in [4.78, 5) is 1.34. The molecule has 5 rings (SSSR count). The first-order chi connectivity index (χ1) is 14.5. The Bertz CT molecular complexity index is 1100. The standard InChI is InChI=1S/C21H22FN7O/c1-11(16-9-13-3-6-19(23-13)21(16)22)17-7-8-18(26-25-17)15-5-4-14(10-20(15)30)29-27-12(2)24-28-29/h4-5,7-8,10,13,16,19,21,23,30H,1,3,6,9H2,2H3/t13-,16+,19+,21+/m1/s1. The van der Waals surface area contributed by atoms with Crippen LogP contribution in [0.5, 0.6) is 5.75 Å². The van der Waals surface area contributed by atoms with E-state index in [-0.39, 0.29) is 17.7 Å². The van der Waals surface area contributed by atoms with Crippen molar-refractivity contribution >= 4 is 5.57 Å². The SMILES string of the molecule is C=C(c1ccc(-c2ccc(-n3nnc(C)n3)cc2O)nn1)[C@@H]1C[C@H]2CC[C@H](N2)[C@H]1F. The molecule has 2 N–H and O–H groups in total. The van der Waals surface area contributed by atoms with Crippen molar-refractivity contribution in [1.29, 1.82) is 0 Å². The van der Waals surface area contributed by atoms with Crippen LogP contribution >= 0.6 is 0 Å². The molecule has 0 spiro atoms. The molecule has 9 heteroatoms. The Morgan fingerprint density at radius 2 is 2.07 bits per heavy atom. The second-order valence-corrected chi connectivity index (χ2v) is 7.99. The highest BCUT2D eigenvalue weighted by Crippen LogP contribution is 2.39. The van der Waals surface area contributed by atoms with E-state index in [1.807, 2.05) is 0 Å². The number of halogens is 1. The van der Waals surface area contributed by atoms with Gasteiger partial charge < -0.3 is 10.4 Å². The number of aromatic hydroxyl groups is 1. The van der Waals surface area contributed by atoms with Gasteiger partial charge in [0.2, 0.25) is 0 Å². The molecule has 0 radical (unpaired) electrons. The molecule has 8 nitrogen and oxygen atoms in total. The Hall–Kier alpha value is -3.20. The van der Waals surface area contributed by atoms with Crippen molar-refractivity contribution in [2.45, 2.75) is 44.4 Å². The first-order valence-electron chi connectivity index (χ1n) is 10.0. The number of phenols is 1. The number of fused-ring (bicyclic) bond motifs is 2. The zero-order chi connectivity index (χ0) is 20.8. The van der Waals surface area contributed by atoms with Gasteiger partial charge in [-0.3, -0.25) is 0 Å². The fraction of sp³-hybridized carbons (Fsp3) is 0.381. The molecule has 154 valence electrons. The third-order valence-corrected chi connectivity index (χ3v) is 6.03. The molecule has 0 aliphatic carbocycles. The Morgan fingerprint density at radius 1 is 1.20 bits per heavy atom. The number of nitrogens with zero attached hydrogens (tertiary/aromatic N) is 6. The molecule has 2 bridgehead atoms. The topological polar surface area (TPSA) is 102 Å².